The number of nitrogens with zero attached hydrogens (tertiary/aromatic N) is 2. The van der Waals surface area contributed by atoms with E-state index in [9.17, 15) is 18.5 Å². The van der Waals surface area contributed by atoms with Crippen LogP contribution in [0.5, 0.6) is 0 Å². The number of H-pyrrole nitrogens is 1. The predicted molar refractivity (Wildman–Crippen MR) is 160 cm³/mol. The van der Waals surface area contributed by atoms with E-state index in [4.69, 9.17) is 5.11 Å². The third-order valence-corrected chi connectivity index (χ3v) is 8.41. The maximum atomic E-state index is 15.3. The van der Waals surface area contributed by atoms with Crippen LogP contribution in [0.25, 0.3) is 33.1 Å². The van der Waals surface area contributed by atoms with E-state index in [1.54, 1.807) is 30.6 Å². The fourth-order valence-corrected chi connectivity index (χ4v) is 5.84. The van der Waals surface area contributed by atoms with Gasteiger partial charge in [0.05, 0.1) is 24.0 Å². The molecule has 2 aromatic carbocycles. The minimum Gasteiger partial charge on any atom is -0.394 e. The molecular formula is C29H27F2N5O4S2. The molecule has 218 valence electrons. The normalized spacial score (nSPS) is 13.0. The van der Waals surface area contributed by atoms with Gasteiger partial charge in [0.2, 0.25) is 0 Å². The van der Waals surface area contributed by atoms with Crippen molar-refractivity contribution in [2.24, 2.45) is 0 Å². The number of rotatable bonds is 12. The van der Waals surface area contributed by atoms with E-state index in [0.717, 1.165) is 23.3 Å². The zero-order chi connectivity index (χ0) is 29.8. The van der Waals surface area contributed by atoms with E-state index in [1.807, 2.05) is 19.1 Å². The maximum absolute atomic E-state index is 15.3. The minimum absolute atomic E-state index is 0.0836. The summed E-state index contributed by atoms with van der Waals surface area (Å²) in [4.78, 5) is 25.5. The van der Waals surface area contributed by atoms with Crippen LogP contribution in [-0.4, -0.2) is 60.2 Å². The number of aromatic amines is 1. The van der Waals surface area contributed by atoms with E-state index in [2.05, 4.69) is 24.4 Å². The first-order valence-electron chi connectivity index (χ1n) is 13.0. The summed E-state index contributed by atoms with van der Waals surface area (Å²) in [7, 11) is -1.57. The number of carbonyl (C=O) groups excluding carboxylic acids is 1. The van der Waals surface area contributed by atoms with Gasteiger partial charge >= 0.3 is 0 Å². The summed E-state index contributed by atoms with van der Waals surface area (Å²) in [5, 5.41) is 20.4. The van der Waals surface area contributed by atoms with Crippen LogP contribution in [0, 0.1) is 11.6 Å². The van der Waals surface area contributed by atoms with Crippen molar-refractivity contribution in [1.82, 2.24) is 19.7 Å². The Morgan fingerprint density at radius 2 is 1.88 bits per heavy atom. The predicted octanol–water partition coefficient (Wildman–Crippen LogP) is 4.72. The molecule has 3 heterocycles. The molecule has 0 radical (unpaired) electrons. The van der Waals surface area contributed by atoms with E-state index in [0.29, 0.717) is 33.4 Å². The molecule has 13 heteroatoms. The lowest BCUT2D eigenvalue weighted by Gasteiger charge is -2.11. The Labute approximate surface area is 246 Å². The highest BCUT2D eigenvalue weighted by Crippen LogP contribution is 2.31. The maximum Gasteiger partial charge on any atom is 0.199 e. The lowest BCUT2D eigenvalue weighted by atomic mass is 9.99. The molecule has 0 aliphatic rings. The van der Waals surface area contributed by atoms with Crippen LogP contribution >= 0.6 is 11.9 Å². The second-order valence-electron chi connectivity index (χ2n) is 9.44. The molecule has 0 bridgehead atoms. The number of fused-ring (bicyclic) bond motifs is 3. The second-order valence-corrected chi connectivity index (χ2v) is 11.7. The summed E-state index contributed by atoms with van der Waals surface area (Å²) < 4.78 is 47.5. The number of nitrogens with one attached hydrogen (secondary N) is 3. The molecule has 42 heavy (non-hydrogen) atoms. The van der Waals surface area contributed by atoms with Gasteiger partial charge in [-0.05, 0) is 60.8 Å². The number of aliphatic hydroxyl groups excluding tert-OH is 2. The van der Waals surface area contributed by atoms with E-state index < -0.39 is 40.1 Å². The molecule has 3 aromatic heterocycles. The Kier molecular flexibility index (Phi) is 9.24. The summed E-state index contributed by atoms with van der Waals surface area (Å²) in [5.74, 6) is -2.67. The highest BCUT2D eigenvalue weighted by molar-refractivity contribution is 7.97. The van der Waals surface area contributed by atoms with Gasteiger partial charge in [-0.15, -0.1) is 0 Å². The third kappa shape index (κ3) is 6.35. The monoisotopic (exact) mass is 611 g/mol. The van der Waals surface area contributed by atoms with E-state index >= 15 is 4.39 Å². The number of hydrogen-bond acceptors (Lipinski definition) is 8. The zero-order valence-corrected chi connectivity index (χ0v) is 24.0. The van der Waals surface area contributed by atoms with Gasteiger partial charge in [-0.2, -0.15) is 0 Å². The molecule has 0 fully saturated rings. The van der Waals surface area contributed by atoms with Crippen LogP contribution in [0.3, 0.4) is 0 Å². The van der Waals surface area contributed by atoms with E-state index in [-0.39, 0.29) is 30.2 Å². The van der Waals surface area contributed by atoms with Crippen LogP contribution < -0.4 is 9.44 Å². The summed E-state index contributed by atoms with van der Waals surface area (Å²) in [6.45, 7) is 1.70. The van der Waals surface area contributed by atoms with Gasteiger partial charge in [0, 0.05) is 57.7 Å². The third-order valence-electron chi connectivity index (χ3n) is 6.42. The van der Waals surface area contributed by atoms with Crippen molar-refractivity contribution in [3.05, 3.63) is 83.7 Å². The summed E-state index contributed by atoms with van der Waals surface area (Å²) in [5.41, 5.74) is 1.98. The number of ketones is 1. The number of pyridine rings is 2. The first-order valence-corrected chi connectivity index (χ1v) is 15.2. The number of carbonyl (C=O) groups is 1. The van der Waals surface area contributed by atoms with Crippen molar-refractivity contribution < 1.29 is 28.0 Å². The molecule has 0 saturated carbocycles. The molecule has 9 nitrogen and oxygen atoms in total. The van der Waals surface area contributed by atoms with Gasteiger partial charge in [-0.1, -0.05) is 13.0 Å². The molecular weight excluding hydrogens is 584 g/mol. The number of hydrogen-bond donors (Lipinski definition) is 5. The van der Waals surface area contributed by atoms with Gasteiger partial charge < -0.3 is 19.9 Å². The minimum atomic E-state index is -1.57. The first-order chi connectivity index (χ1) is 20.3. The van der Waals surface area contributed by atoms with Crippen molar-refractivity contribution in [2.45, 2.75) is 24.5 Å². The number of aliphatic hydroxyl groups is 2. The second kappa shape index (κ2) is 13.0. The molecule has 0 saturated heterocycles. The fourth-order valence-electron chi connectivity index (χ4n) is 4.30. The largest absolute Gasteiger partial charge is 0.394 e. The fraction of sp³-hybridized carbons (Fsp3) is 0.207. The molecule has 0 amide bonds. The molecule has 2 unspecified atom stereocenters. The van der Waals surface area contributed by atoms with Crippen LogP contribution in [-0.2, 0) is 11.0 Å². The van der Waals surface area contributed by atoms with Crippen molar-refractivity contribution in [2.75, 3.05) is 23.6 Å². The van der Waals surface area contributed by atoms with Gasteiger partial charge in [-0.25, -0.2) is 23.0 Å². The number of anilines is 1. The highest BCUT2D eigenvalue weighted by Gasteiger charge is 2.23. The molecule has 2 atom stereocenters. The van der Waals surface area contributed by atoms with Crippen LogP contribution in [0.2, 0.25) is 0 Å². The topological polar surface area (TPSA) is 140 Å². The molecule has 5 rings (SSSR count). The van der Waals surface area contributed by atoms with Gasteiger partial charge in [0.15, 0.2) is 11.6 Å². The Balaban J connectivity index is 1.44. The molecule has 5 N–H and O–H groups in total. The average Bonchev–Trinajstić information content (AvgIpc) is 3.36. The van der Waals surface area contributed by atoms with Crippen molar-refractivity contribution in [3.8, 4) is 11.1 Å². The summed E-state index contributed by atoms with van der Waals surface area (Å²) in [6.07, 6.45) is 3.12. The average molecular weight is 612 g/mol. The van der Waals surface area contributed by atoms with E-state index in [1.165, 1.54) is 18.0 Å². The smallest absolute Gasteiger partial charge is 0.199 e. The van der Waals surface area contributed by atoms with Crippen LogP contribution in [0.15, 0.2) is 66.0 Å². The lowest BCUT2D eigenvalue weighted by Crippen LogP contribution is -2.25. The molecule has 0 spiro atoms. The highest BCUT2D eigenvalue weighted by atomic mass is 32.2. The molecule has 0 aliphatic carbocycles. The molecule has 0 aliphatic heterocycles. The van der Waals surface area contributed by atoms with Gasteiger partial charge in [0.1, 0.15) is 27.5 Å². The summed E-state index contributed by atoms with van der Waals surface area (Å²) >= 11 is 1.23. The Bertz CT molecular complexity index is 1780. The number of benzene rings is 2. The Hall–Kier alpha value is -3.75. The number of aromatic nitrogens is 3. The molecule has 5 aromatic rings. The standard InChI is InChI=1S/C29H27F2N5O4S2/c1-2-9-42(40)36-24-7-5-22(30)26(27(24)31)28(39)16-3-6-23-20(10-16)21-11-18(13-33-29(21)35-23)17-4-8-25(32-12-17)41-34-14-19(38)15-37/h3-8,10-13,19,34,36-38H,2,9,14-15H2,1H3,(H,33,35). The van der Waals surface area contributed by atoms with Gasteiger partial charge in [0.25, 0.3) is 0 Å². The van der Waals surface area contributed by atoms with Crippen LogP contribution in [0.1, 0.15) is 29.3 Å². The number of halogens is 2. The van der Waals surface area contributed by atoms with Gasteiger partial charge in [-0.3, -0.25) is 9.52 Å². The Morgan fingerprint density at radius 3 is 2.62 bits per heavy atom. The van der Waals surface area contributed by atoms with Crippen molar-refractivity contribution in [3.63, 3.8) is 0 Å². The van der Waals surface area contributed by atoms with Crippen molar-refractivity contribution >= 4 is 56.3 Å². The van der Waals surface area contributed by atoms with Crippen LogP contribution in [0.4, 0.5) is 14.5 Å². The quantitative estimate of drug-likeness (QED) is 0.101. The summed E-state index contributed by atoms with van der Waals surface area (Å²) in [6, 6.07) is 12.4. The van der Waals surface area contributed by atoms with Crippen molar-refractivity contribution in [1.29, 1.82) is 0 Å². The Morgan fingerprint density at radius 1 is 1.07 bits per heavy atom. The zero-order valence-electron chi connectivity index (χ0n) is 22.4. The lowest BCUT2D eigenvalue weighted by molar-refractivity contribution is 0.0994. The first kappa shape index (κ1) is 29.7. The SMILES string of the molecule is CCCS(=O)Nc1ccc(F)c(C(=O)c2ccc3[nH]c4ncc(-c5ccc(SNCC(O)CO)nc5)cc4c3c2)c1F.